The van der Waals surface area contributed by atoms with Crippen molar-refractivity contribution < 1.29 is 9.15 Å². The predicted octanol–water partition coefficient (Wildman–Crippen LogP) is 2.32. The van der Waals surface area contributed by atoms with Gasteiger partial charge in [0.1, 0.15) is 5.75 Å². The monoisotopic (exact) mass is 253 g/mol. The van der Waals surface area contributed by atoms with Crippen molar-refractivity contribution in [3.8, 4) is 5.75 Å². The predicted molar refractivity (Wildman–Crippen MR) is 62.7 cm³/mol. The van der Waals surface area contributed by atoms with Gasteiger partial charge in [-0.3, -0.25) is 0 Å². The van der Waals surface area contributed by atoms with Gasteiger partial charge in [0.05, 0.1) is 6.54 Å². The van der Waals surface area contributed by atoms with E-state index in [0.717, 1.165) is 0 Å². The van der Waals surface area contributed by atoms with E-state index in [1.165, 1.54) is 0 Å². The summed E-state index contributed by atoms with van der Waals surface area (Å²) in [4.78, 5) is 0. The van der Waals surface area contributed by atoms with E-state index >= 15 is 0 Å². The fourth-order valence-electron chi connectivity index (χ4n) is 1.31. The summed E-state index contributed by atoms with van der Waals surface area (Å²) in [5.74, 6) is 1.43. The lowest BCUT2D eigenvalue weighted by Crippen LogP contribution is -2.03. The highest BCUT2D eigenvalue weighted by Gasteiger charge is 2.15. The number of nitrogens with zero attached hydrogens (tertiary/aromatic N) is 2. The minimum Gasteiger partial charge on any atom is -0.481 e. The van der Waals surface area contributed by atoms with Gasteiger partial charge in [0.25, 0.3) is 5.89 Å². The number of rotatable bonds is 4. The van der Waals surface area contributed by atoms with Gasteiger partial charge >= 0.3 is 0 Å². The van der Waals surface area contributed by atoms with Gasteiger partial charge < -0.3 is 14.9 Å². The van der Waals surface area contributed by atoms with Gasteiger partial charge in [-0.15, -0.1) is 10.2 Å². The third-order valence-electron chi connectivity index (χ3n) is 2.11. The van der Waals surface area contributed by atoms with Crippen molar-refractivity contribution in [1.29, 1.82) is 0 Å². The lowest BCUT2D eigenvalue weighted by atomic mass is 10.3. The Bertz CT molecular complexity index is 501. The molecule has 6 heteroatoms. The third kappa shape index (κ3) is 2.95. The molecule has 1 heterocycles. The summed E-state index contributed by atoms with van der Waals surface area (Å²) in [7, 11) is 0. The standard InChI is InChI=1S/C11H12ClN3O2/c1-7(11-15-14-10(6-13)17-11)16-9-4-2-3-8(12)5-9/h2-5,7H,6,13H2,1H3. The fraction of sp³-hybridized carbons (Fsp3) is 0.273. The van der Waals surface area contributed by atoms with E-state index in [-0.39, 0.29) is 12.6 Å². The van der Waals surface area contributed by atoms with Crippen LogP contribution in [0.2, 0.25) is 5.02 Å². The Morgan fingerprint density at radius 1 is 1.47 bits per heavy atom. The molecule has 0 aliphatic heterocycles. The number of hydrogen-bond donors (Lipinski definition) is 1. The SMILES string of the molecule is CC(Oc1cccc(Cl)c1)c1nnc(CN)o1. The van der Waals surface area contributed by atoms with Crippen molar-refractivity contribution in [3.63, 3.8) is 0 Å². The van der Waals surface area contributed by atoms with Crippen molar-refractivity contribution >= 4 is 11.6 Å². The minimum atomic E-state index is -0.346. The lowest BCUT2D eigenvalue weighted by Gasteiger charge is -2.10. The Hall–Kier alpha value is -1.59. The Balaban J connectivity index is 2.08. The van der Waals surface area contributed by atoms with E-state index in [4.69, 9.17) is 26.5 Å². The molecule has 0 aliphatic carbocycles. The van der Waals surface area contributed by atoms with E-state index in [0.29, 0.717) is 22.6 Å². The van der Waals surface area contributed by atoms with E-state index < -0.39 is 0 Å². The Morgan fingerprint density at radius 3 is 2.94 bits per heavy atom. The number of hydrogen-bond acceptors (Lipinski definition) is 5. The topological polar surface area (TPSA) is 74.2 Å². The average molecular weight is 254 g/mol. The highest BCUT2D eigenvalue weighted by Crippen LogP contribution is 2.23. The van der Waals surface area contributed by atoms with Gasteiger partial charge in [0.15, 0.2) is 6.10 Å². The normalized spacial score (nSPS) is 12.4. The van der Waals surface area contributed by atoms with Gasteiger partial charge in [-0.25, -0.2) is 0 Å². The minimum absolute atomic E-state index is 0.219. The molecule has 2 rings (SSSR count). The maximum absolute atomic E-state index is 5.85. The maximum atomic E-state index is 5.85. The molecule has 1 aromatic carbocycles. The molecule has 1 unspecified atom stereocenters. The summed E-state index contributed by atoms with van der Waals surface area (Å²) >= 11 is 5.85. The molecule has 5 nitrogen and oxygen atoms in total. The Morgan fingerprint density at radius 2 is 2.29 bits per heavy atom. The van der Waals surface area contributed by atoms with E-state index in [1.54, 1.807) is 12.1 Å². The van der Waals surface area contributed by atoms with Crippen LogP contribution in [0.25, 0.3) is 0 Å². The van der Waals surface area contributed by atoms with E-state index in [1.807, 2.05) is 19.1 Å². The highest BCUT2D eigenvalue weighted by molar-refractivity contribution is 6.30. The molecule has 90 valence electrons. The van der Waals surface area contributed by atoms with Crippen LogP contribution in [0.5, 0.6) is 5.75 Å². The second kappa shape index (κ2) is 5.16. The van der Waals surface area contributed by atoms with Crippen LogP contribution in [0.15, 0.2) is 28.7 Å². The molecule has 1 atom stereocenters. The molecule has 2 aromatic rings. The highest BCUT2D eigenvalue weighted by atomic mass is 35.5. The van der Waals surface area contributed by atoms with Crippen LogP contribution in [0, 0.1) is 0 Å². The molecule has 1 aromatic heterocycles. The van der Waals surface area contributed by atoms with Crippen LogP contribution in [-0.4, -0.2) is 10.2 Å². The molecule has 0 aliphatic rings. The van der Waals surface area contributed by atoms with Crippen molar-refractivity contribution in [2.24, 2.45) is 5.73 Å². The number of ether oxygens (including phenoxy) is 1. The van der Waals surface area contributed by atoms with Crippen LogP contribution >= 0.6 is 11.6 Å². The Labute approximate surface area is 104 Å². The summed E-state index contributed by atoms with van der Waals surface area (Å²) in [6, 6.07) is 7.11. The first-order valence-electron chi connectivity index (χ1n) is 5.13. The first-order chi connectivity index (χ1) is 8.19. The quantitative estimate of drug-likeness (QED) is 0.905. The van der Waals surface area contributed by atoms with Crippen molar-refractivity contribution in [2.75, 3.05) is 0 Å². The molecule has 2 N–H and O–H groups in total. The van der Waals surface area contributed by atoms with Crippen LogP contribution in [-0.2, 0) is 6.54 Å². The van der Waals surface area contributed by atoms with Gasteiger partial charge in [-0.1, -0.05) is 17.7 Å². The molecular formula is C11H12ClN3O2. The van der Waals surface area contributed by atoms with Crippen LogP contribution in [0.4, 0.5) is 0 Å². The largest absolute Gasteiger partial charge is 0.481 e. The average Bonchev–Trinajstić information content (AvgIpc) is 2.77. The first kappa shape index (κ1) is 11.9. The smallest absolute Gasteiger partial charge is 0.256 e. The van der Waals surface area contributed by atoms with Crippen molar-refractivity contribution in [1.82, 2.24) is 10.2 Å². The number of benzene rings is 1. The molecular weight excluding hydrogens is 242 g/mol. The molecule has 17 heavy (non-hydrogen) atoms. The van der Waals surface area contributed by atoms with E-state index in [2.05, 4.69) is 10.2 Å². The fourth-order valence-corrected chi connectivity index (χ4v) is 1.49. The zero-order chi connectivity index (χ0) is 12.3. The zero-order valence-corrected chi connectivity index (χ0v) is 10.0. The van der Waals surface area contributed by atoms with Gasteiger partial charge in [0.2, 0.25) is 5.89 Å². The zero-order valence-electron chi connectivity index (χ0n) is 9.26. The third-order valence-corrected chi connectivity index (χ3v) is 2.35. The van der Waals surface area contributed by atoms with Crippen LogP contribution in [0.1, 0.15) is 24.8 Å². The van der Waals surface area contributed by atoms with Gasteiger partial charge in [-0.2, -0.15) is 0 Å². The second-order valence-electron chi connectivity index (χ2n) is 3.46. The van der Waals surface area contributed by atoms with Gasteiger partial charge in [0, 0.05) is 5.02 Å². The molecule has 0 bridgehead atoms. The number of halogens is 1. The number of aromatic nitrogens is 2. The maximum Gasteiger partial charge on any atom is 0.256 e. The van der Waals surface area contributed by atoms with E-state index in [9.17, 15) is 0 Å². The molecule has 0 saturated carbocycles. The summed E-state index contributed by atoms with van der Waals surface area (Å²) < 4.78 is 10.9. The second-order valence-corrected chi connectivity index (χ2v) is 3.89. The first-order valence-corrected chi connectivity index (χ1v) is 5.51. The summed E-state index contributed by atoms with van der Waals surface area (Å²) in [5, 5.41) is 8.23. The molecule has 0 radical (unpaired) electrons. The van der Waals surface area contributed by atoms with Crippen molar-refractivity contribution in [3.05, 3.63) is 41.1 Å². The number of nitrogens with two attached hydrogens (primary N) is 1. The Kier molecular flexibility index (Phi) is 3.61. The summed E-state index contributed by atoms with van der Waals surface area (Å²) in [6.45, 7) is 2.03. The molecule has 0 fully saturated rings. The molecule has 0 amide bonds. The summed E-state index contributed by atoms with van der Waals surface area (Å²) in [6.07, 6.45) is -0.346. The van der Waals surface area contributed by atoms with Gasteiger partial charge in [-0.05, 0) is 25.1 Å². The van der Waals surface area contributed by atoms with Crippen molar-refractivity contribution in [2.45, 2.75) is 19.6 Å². The lowest BCUT2D eigenvalue weighted by molar-refractivity contribution is 0.186. The molecule has 0 spiro atoms. The van der Waals surface area contributed by atoms with Crippen LogP contribution < -0.4 is 10.5 Å². The van der Waals surface area contributed by atoms with Crippen LogP contribution in [0.3, 0.4) is 0 Å². The molecule has 0 saturated heterocycles. The summed E-state index contributed by atoms with van der Waals surface area (Å²) in [5.41, 5.74) is 5.38.